The number of hydrogen-bond acceptors (Lipinski definition) is 1. The Morgan fingerprint density at radius 3 is 2.45 bits per heavy atom. The molecule has 60 valence electrons. The van der Waals surface area contributed by atoms with E-state index in [0.29, 0.717) is 0 Å². The average Bonchev–Trinajstić information content (AvgIpc) is 2.00. The summed E-state index contributed by atoms with van der Waals surface area (Å²) in [6, 6.07) is 0. The number of hydrogen-bond donors (Lipinski definition) is 1. The molecule has 0 saturated carbocycles. The molecule has 0 saturated heterocycles. The van der Waals surface area contributed by atoms with Crippen molar-refractivity contribution in [2.75, 3.05) is 0 Å². The Hall–Kier alpha value is -0.690. The van der Waals surface area contributed by atoms with E-state index in [2.05, 4.69) is 38.8 Å². The molecule has 0 unspecified atom stereocenters. The highest BCUT2D eigenvalue weighted by Crippen LogP contribution is 2.15. The molecule has 0 atom stereocenters. The summed E-state index contributed by atoms with van der Waals surface area (Å²) >= 11 is 4.27. The first-order valence-corrected chi connectivity index (χ1v) is 4.05. The van der Waals surface area contributed by atoms with Crippen LogP contribution in [0.5, 0.6) is 0 Å². The van der Waals surface area contributed by atoms with Gasteiger partial charge in [0, 0.05) is 4.91 Å². The van der Waals surface area contributed by atoms with Gasteiger partial charge in [0.25, 0.3) is 0 Å². The molecular formula is C10H14S. The maximum Gasteiger partial charge on any atom is 0.0109 e. The highest BCUT2D eigenvalue weighted by Gasteiger charge is 1.91. The highest BCUT2D eigenvalue weighted by molar-refractivity contribution is 7.84. The average molecular weight is 166 g/mol. The maximum atomic E-state index is 4.27. The largest absolute Gasteiger partial charge is 0.143 e. The van der Waals surface area contributed by atoms with E-state index in [0.717, 1.165) is 16.9 Å². The summed E-state index contributed by atoms with van der Waals surface area (Å²) in [5.41, 5.74) is 1.07. The van der Waals surface area contributed by atoms with Crippen molar-refractivity contribution in [2.24, 2.45) is 0 Å². The second-order valence-corrected chi connectivity index (χ2v) is 2.54. The molecule has 0 rings (SSSR count). The predicted molar refractivity (Wildman–Crippen MR) is 55.8 cm³/mol. The van der Waals surface area contributed by atoms with Gasteiger partial charge < -0.3 is 0 Å². The van der Waals surface area contributed by atoms with Crippen LogP contribution in [0, 0.1) is 0 Å². The molecule has 0 aliphatic rings. The minimum absolute atomic E-state index is 0.914. The van der Waals surface area contributed by atoms with Crippen LogP contribution in [-0.4, -0.2) is 0 Å². The molecule has 1 heteroatoms. The van der Waals surface area contributed by atoms with Crippen LogP contribution in [0.4, 0.5) is 0 Å². The topological polar surface area (TPSA) is 0 Å². The molecule has 0 aromatic rings. The van der Waals surface area contributed by atoms with Crippen LogP contribution in [-0.2, 0) is 0 Å². The van der Waals surface area contributed by atoms with E-state index in [9.17, 15) is 0 Å². The van der Waals surface area contributed by atoms with Gasteiger partial charge in [-0.25, -0.2) is 0 Å². The van der Waals surface area contributed by atoms with Crippen molar-refractivity contribution in [1.82, 2.24) is 0 Å². The van der Waals surface area contributed by atoms with Gasteiger partial charge in [0.15, 0.2) is 0 Å². The van der Waals surface area contributed by atoms with Gasteiger partial charge in [0.1, 0.15) is 0 Å². The Bertz CT molecular complexity index is 197. The first-order chi connectivity index (χ1) is 5.26. The zero-order chi connectivity index (χ0) is 8.69. The molecule has 0 spiro atoms. The molecule has 0 nitrogen and oxygen atoms in total. The lowest BCUT2D eigenvalue weighted by atomic mass is 10.2. The van der Waals surface area contributed by atoms with Gasteiger partial charge in [-0.1, -0.05) is 38.3 Å². The summed E-state index contributed by atoms with van der Waals surface area (Å²) in [7, 11) is 0. The van der Waals surface area contributed by atoms with E-state index >= 15 is 0 Å². The van der Waals surface area contributed by atoms with Crippen LogP contribution >= 0.6 is 12.6 Å². The fourth-order valence-electron chi connectivity index (χ4n) is 0.720. The van der Waals surface area contributed by atoms with Crippen LogP contribution in [0.2, 0.25) is 0 Å². The van der Waals surface area contributed by atoms with Crippen LogP contribution in [0.3, 0.4) is 0 Å². The Labute approximate surface area is 74.4 Å². The smallest absolute Gasteiger partial charge is 0.0109 e. The third kappa shape index (κ3) is 3.89. The molecule has 0 bridgehead atoms. The minimum atomic E-state index is 0.914. The fourth-order valence-corrected chi connectivity index (χ4v) is 1.01. The molecule has 0 aliphatic carbocycles. The molecule has 0 aliphatic heterocycles. The first kappa shape index (κ1) is 10.3. The summed E-state index contributed by atoms with van der Waals surface area (Å²) in [6.07, 6.45) is 8.44. The fraction of sp³-hybridized carbons (Fsp3) is 0.200. The Morgan fingerprint density at radius 1 is 1.45 bits per heavy atom. The van der Waals surface area contributed by atoms with Crippen LogP contribution in [0.15, 0.2) is 47.9 Å². The summed E-state index contributed by atoms with van der Waals surface area (Å²) < 4.78 is 0. The first-order valence-electron chi connectivity index (χ1n) is 3.60. The van der Waals surface area contributed by atoms with Gasteiger partial charge in [-0.05, 0) is 18.1 Å². The normalized spacial score (nSPS) is 12.9. The SMILES string of the molecule is C=C/C=C(S)\C(C=C)=C/CC. The van der Waals surface area contributed by atoms with Crippen molar-refractivity contribution in [3.63, 3.8) is 0 Å². The van der Waals surface area contributed by atoms with E-state index in [1.807, 2.05) is 6.08 Å². The lowest BCUT2D eigenvalue weighted by Gasteiger charge is -1.98. The standard InChI is InChI=1S/C10H14S/c1-4-7-9(6-3)10(11)8-5-2/h5-8,11H,2-4H2,1H3/b9-7-,10-8+. The van der Waals surface area contributed by atoms with Crippen LogP contribution < -0.4 is 0 Å². The maximum absolute atomic E-state index is 4.27. The van der Waals surface area contributed by atoms with Gasteiger partial charge in [-0.3, -0.25) is 0 Å². The van der Waals surface area contributed by atoms with Crippen molar-refractivity contribution in [3.8, 4) is 0 Å². The minimum Gasteiger partial charge on any atom is -0.143 e. The zero-order valence-corrected chi connectivity index (χ0v) is 7.77. The molecular weight excluding hydrogens is 152 g/mol. The predicted octanol–water partition coefficient (Wildman–Crippen LogP) is 3.51. The molecule has 0 fully saturated rings. The molecule has 11 heavy (non-hydrogen) atoms. The summed E-state index contributed by atoms with van der Waals surface area (Å²) in [6.45, 7) is 9.36. The Kier molecular flexibility index (Phi) is 5.67. The third-order valence-electron chi connectivity index (χ3n) is 1.22. The van der Waals surface area contributed by atoms with Crippen molar-refractivity contribution in [2.45, 2.75) is 13.3 Å². The van der Waals surface area contributed by atoms with Crippen molar-refractivity contribution < 1.29 is 0 Å². The van der Waals surface area contributed by atoms with Gasteiger partial charge >= 0.3 is 0 Å². The highest BCUT2D eigenvalue weighted by atomic mass is 32.1. The molecule has 0 amide bonds. The molecule has 0 aromatic carbocycles. The van der Waals surface area contributed by atoms with E-state index in [1.165, 1.54) is 0 Å². The molecule has 0 aromatic heterocycles. The molecule has 0 heterocycles. The van der Waals surface area contributed by atoms with E-state index in [1.54, 1.807) is 12.2 Å². The van der Waals surface area contributed by atoms with Crippen molar-refractivity contribution >= 4 is 12.6 Å². The second kappa shape index (κ2) is 6.05. The number of thiol groups is 1. The van der Waals surface area contributed by atoms with Crippen molar-refractivity contribution in [3.05, 3.63) is 47.9 Å². The van der Waals surface area contributed by atoms with Gasteiger partial charge in [-0.2, -0.15) is 0 Å². The number of rotatable bonds is 4. The Morgan fingerprint density at radius 2 is 2.09 bits per heavy atom. The van der Waals surface area contributed by atoms with Gasteiger partial charge in [-0.15, -0.1) is 12.6 Å². The van der Waals surface area contributed by atoms with Crippen molar-refractivity contribution in [1.29, 1.82) is 0 Å². The van der Waals surface area contributed by atoms with Gasteiger partial charge in [0.05, 0.1) is 0 Å². The van der Waals surface area contributed by atoms with E-state index < -0.39 is 0 Å². The van der Waals surface area contributed by atoms with Gasteiger partial charge in [0.2, 0.25) is 0 Å². The van der Waals surface area contributed by atoms with Crippen LogP contribution in [0.25, 0.3) is 0 Å². The summed E-state index contributed by atoms with van der Waals surface area (Å²) in [4.78, 5) is 0.914. The lowest BCUT2D eigenvalue weighted by Crippen LogP contribution is -1.76. The van der Waals surface area contributed by atoms with E-state index in [4.69, 9.17) is 0 Å². The zero-order valence-electron chi connectivity index (χ0n) is 6.88. The summed E-state index contributed by atoms with van der Waals surface area (Å²) in [5.74, 6) is 0. The number of allylic oxidation sites excluding steroid dienone is 5. The van der Waals surface area contributed by atoms with E-state index in [-0.39, 0.29) is 0 Å². The monoisotopic (exact) mass is 166 g/mol. The third-order valence-corrected chi connectivity index (χ3v) is 1.62. The van der Waals surface area contributed by atoms with Crippen LogP contribution in [0.1, 0.15) is 13.3 Å². The summed E-state index contributed by atoms with van der Waals surface area (Å²) in [5, 5.41) is 0. The molecule has 0 radical (unpaired) electrons. The molecule has 0 N–H and O–H groups in total. The quantitative estimate of drug-likeness (QED) is 0.479. The Balaban J connectivity index is 4.50. The second-order valence-electron chi connectivity index (χ2n) is 2.06. The lowest BCUT2D eigenvalue weighted by molar-refractivity contribution is 1.21.